The molecule has 0 spiro atoms. The highest BCUT2D eigenvalue weighted by Crippen LogP contribution is 2.10. The summed E-state index contributed by atoms with van der Waals surface area (Å²) in [6.45, 7) is 6.57. The first kappa shape index (κ1) is 13.9. The summed E-state index contributed by atoms with van der Waals surface area (Å²) in [6, 6.07) is 5.72. The minimum Gasteiger partial charge on any atom is -0.372 e. The molecule has 0 saturated heterocycles. The van der Waals surface area contributed by atoms with Crippen LogP contribution >= 0.6 is 0 Å². The molecule has 0 radical (unpaired) electrons. The highest BCUT2D eigenvalue weighted by Gasteiger charge is 2.08. The molecular weight excluding hydrogens is 214 g/mol. The van der Waals surface area contributed by atoms with Crippen LogP contribution in [-0.4, -0.2) is 25.0 Å². The number of ether oxygens (including phenoxy) is 1. The van der Waals surface area contributed by atoms with Crippen molar-refractivity contribution in [2.24, 2.45) is 5.73 Å². The van der Waals surface area contributed by atoms with Gasteiger partial charge in [0.1, 0.15) is 6.61 Å². The fourth-order valence-corrected chi connectivity index (χ4v) is 1.42. The SMILES string of the molecule is CCC(N)COCC(=O)c1ccc(C)c(C)c1. The molecule has 0 amide bonds. The van der Waals surface area contributed by atoms with Crippen molar-refractivity contribution in [1.29, 1.82) is 0 Å². The molecule has 0 aromatic heterocycles. The average Bonchev–Trinajstić information content (AvgIpc) is 2.32. The molecular formula is C14H21NO2. The quantitative estimate of drug-likeness (QED) is 0.769. The van der Waals surface area contributed by atoms with Crippen LogP contribution in [0.2, 0.25) is 0 Å². The van der Waals surface area contributed by atoms with Crippen LogP contribution in [0.3, 0.4) is 0 Å². The van der Waals surface area contributed by atoms with E-state index in [4.69, 9.17) is 10.5 Å². The molecule has 1 unspecified atom stereocenters. The highest BCUT2D eigenvalue weighted by atomic mass is 16.5. The molecule has 1 aromatic rings. The van der Waals surface area contributed by atoms with E-state index in [-0.39, 0.29) is 18.4 Å². The summed E-state index contributed by atoms with van der Waals surface area (Å²) in [4.78, 5) is 11.8. The van der Waals surface area contributed by atoms with Gasteiger partial charge >= 0.3 is 0 Å². The Balaban J connectivity index is 2.50. The molecule has 0 fully saturated rings. The Morgan fingerprint density at radius 3 is 2.65 bits per heavy atom. The average molecular weight is 235 g/mol. The van der Waals surface area contributed by atoms with Crippen molar-refractivity contribution in [3.05, 3.63) is 34.9 Å². The molecule has 0 aliphatic heterocycles. The zero-order valence-corrected chi connectivity index (χ0v) is 10.8. The van der Waals surface area contributed by atoms with Gasteiger partial charge in [0, 0.05) is 11.6 Å². The Bertz CT molecular complexity index is 388. The third-order valence-corrected chi connectivity index (χ3v) is 2.92. The molecule has 3 heteroatoms. The van der Waals surface area contributed by atoms with Gasteiger partial charge in [-0.3, -0.25) is 4.79 Å². The van der Waals surface area contributed by atoms with Crippen molar-refractivity contribution < 1.29 is 9.53 Å². The second-order valence-corrected chi connectivity index (χ2v) is 4.41. The van der Waals surface area contributed by atoms with Crippen molar-refractivity contribution in [3.63, 3.8) is 0 Å². The molecule has 0 saturated carbocycles. The van der Waals surface area contributed by atoms with Crippen LogP contribution in [0.15, 0.2) is 18.2 Å². The van der Waals surface area contributed by atoms with Crippen LogP contribution < -0.4 is 5.73 Å². The van der Waals surface area contributed by atoms with E-state index in [1.54, 1.807) is 0 Å². The monoisotopic (exact) mass is 235 g/mol. The van der Waals surface area contributed by atoms with Gasteiger partial charge in [-0.25, -0.2) is 0 Å². The number of carbonyl (C=O) groups excluding carboxylic acids is 1. The first-order valence-electron chi connectivity index (χ1n) is 5.98. The molecule has 0 aliphatic carbocycles. The van der Waals surface area contributed by atoms with Gasteiger partial charge in [-0.1, -0.05) is 19.1 Å². The maximum absolute atomic E-state index is 11.8. The van der Waals surface area contributed by atoms with E-state index in [1.165, 1.54) is 5.56 Å². The lowest BCUT2D eigenvalue weighted by molar-refractivity contribution is 0.0731. The lowest BCUT2D eigenvalue weighted by Crippen LogP contribution is -2.26. The standard InChI is InChI=1S/C14H21NO2/c1-4-13(15)8-17-9-14(16)12-6-5-10(2)11(3)7-12/h5-7,13H,4,8-9,15H2,1-3H3. The number of carbonyl (C=O) groups is 1. The van der Waals surface area contributed by atoms with Crippen molar-refractivity contribution in [2.75, 3.05) is 13.2 Å². The smallest absolute Gasteiger partial charge is 0.188 e. The Kier molecular flexibility index (Phi) is 5.32. The van der Waals surface area contributed by atoms with Crippen LogP contribution in [0.5, 0.6) is 0 Å². The molecule has 0 aliphatic rings. The van der Waals surface area contributed by atoms with Crippen LogP contribution in [0.25, 0.3) is 0 Å². The highest BCUT2D eigenvalue weighted by molar-refractivity contribution is 5.97. The van der Waals surface area contributed by atoms with E-state index in [9.17, 15) is 4.79 Å². The Morgan fingerprint density at radius 1 is 1.35 bits per heavy atom. The normalized spacial score (nSPS) is 12.5. The lowest BCUT2D eigenvalue weighted by Gasteiger charge is -2.09. The summed E-state index contributed by atoms with van der Waals surface area (Å²) in [5.74, 6) is 0.0106. The predicted octanol–water partition coefficient (Wildman–Crippen LogP) is 2.24. The fourth-order valence-electron chi connectivity index (χ4n) is 1.42. The van der Waals surface area contributed by atoms with E-state index >= 15 is 0 Å². The fraction of sp³-hybridized carbons (Fsp3) is 0.500. The molecule has 1 aromatic carbocycles. The maximum atomic E-state index is 11.8. The Morgan fingerprint density at radius 2 is 2.06 bits per heavy atom. The van der Waals surface area contributed by atoms with Gasteiger partial charge in [-0.15, -0.1) is 0 Å². The van der Waals surface area contributed by atoms with Crippen molar-refractivity contribution in [1.82, 2.24) is 0 Å². The number of rotatable bonds is 6. The van der Waals surface area contributed by atoms with E-state index in [0.717, 1.165) is 12.0 Å². The van der Waals surface area contributed by atoms with Crippen molar-refractivity contribution >= 4 is 5.78 Å². The summed E-state index contributed by atoms with van der Waals surface area (Å²) < 4.78 is 5.30. The summed E-state index contributed by atoms with van der Waals surface area (Å²) >= 11 is 0. The summed E-state index contributed by atoms with van der Waals surface area (Å²) in [6.07, 6.45) is 0.859. The van der Waals surface area contributed by atoms with E-state index in [0.29, 0.717) is 12.2 Å². The van der Waals surface area contributed by atoms with Gasteiger partial charge in [0.25, 0.3) is 0 Å². The summed E-state index contributed by atoms with van der Waals surface area (Å²) in [5, 5.41) is 0. The predicted molar refractivity (Wildman–Crippen MR) is 69.3 cm³/mol. The number of Topliss-reactive ketones (excluding diaryl/α,β-unsaturated/α-hetero) is 1. The molecule has 17 heavy (non-hydrogen) atoms. The van der Waals surface area contributed by atoms with Gasteiger partial charge in [-0.05, 0) is 37.5 Å². The molecule has 0 bridgehead atoms. The second-order valence-electron chi connectivity index (χ2n) is 4.41. The topological polar surface area (TPSA) is 52.3 Å². The Hall–Kier alpha value is -1.19. The number of nitrogens with two attached hydrogens (primary N) is 1. The van der Waals surface area contributed by atoms with E-state index < -0.39 is 0 Å². The third kappa shape index (κ3) is 4.29. The van der Waals surface area contributed by atoms with Crippen molar-refractivity contribution in [2.45, 2.75) is 33.2 Å². The molecule has 1 rings (SSSR count). The van der Waals surface area contributed by atoms with E-state index in [2.05, 4.69) is 0 Å². The minimum atomic E-state index is 0.0106. The molecule has 1 atom stereocenters. The number of aryl methyl sites for hydroxylation is 2. The Labute approximate surface area is 103 Å². The van der Waals surface area contributed by atoms with Crippen LogP contribution in [0.1, 0.15) is 34.8 Å². The largest absolute Gasteiger partial charge is 0.372 e. The van der Waals surface area contributed by atoms with Gasteiger partial charge in [-0.2, -0.15) is 0 Å². The van der Waals surface area contributed by atoms with Gasteiger partial charge in [0.05, 0.1) is 6.61 Å². The third-order valence-electron chi connectivity index (χ3n) is 2.92. The molecule has 2 N–H and O–H groups in total. The maximum Gasteiger partial charge on any atom is 0.188 e. The minimum absolute atomic E-state index is 0.0106. The van der Waals surface area contributed by atoms with Crippen LogP contribution in [0, 0.1) is 13.8 Å². The van der Waals surface area contributed by atoms with Gasteiger partial charge in [0.15, 0.2) is 5.78 Å². The summed E-state index contributed by atoms with van der Waals surface area (Å²) in [5.41, 5.74) is 8.73. The zero-order valence-electron chi connectivity index (χ0n) is 10.8. The van der Waals surface area contributed by atoms with Crippen molar-refractivity contribution in [3.8, 4) is 0 Å². The summed E-state index contributed by atoms with van der Waals surface area (Å²) in [7, 11) is 0. The molecule has 94 valence electrons. The van der Waals surface area contributed by atoms with Crippen LogP contribution in [-0.2, 0) is 4.74 Å². The number of ketones is 1. The van der Waals surface area contributed by atoms with Gasteiger partial charge in [0.2, 0.25) is 0 Å². The number of hydrogen-bond acceptors (Lipinski definition) is 3. The molecule has 3 nitrogen and oxygen atoms in total. The lowest BCUT2D eigenvalue weighted by atomic mass is 10.0. The van der Waals surface area contributed by atoms with Crippen LogP contribution in [0.4, 0.5) is 0 Å². The zero-order chi connectivity index (χ0) is 12.8. The van der Waals surface area contributed by atoms with Gasteiger partial charge < -0.3 is 10.5 Å². The first-order chi connectivity index (χ1) is 8.04. The second kappa shape index (κ2) is 6.52. The van der Waals surface area contributed by atoms with E-state index in [1.807, 2.05) is 39.0 Å². The molecule has 0 heterocycles. The number of hydrogen-bond donors (Lipinski definition) is 1. The number of benzene rings is 1. The first-order valence-corrected chi connectivity index (χ1v) is 5.98.